The van der Waals surface area contributed by atoms with Crippen molar-refractivity contribution in [3.8, 4) is 0 Å². The molecule has 0 saturated carbocycles. The van der Waals surface area contributed by atoms with Crippen molar-refractivity contribution in [2.45, 2.75) is 40.5 Å². The van der Waals surface area contributed by atoms with Gasteiger partial charge >= 0.3 is 0 Å². The highest BCUT2D eigenvalue weighted by Gasteiger charge is 2.24. The largest absolute Gasteiger partial charge is 0.342 e. The van der Waals surface area contributed by atoms with Crippen LogP contribution in [0, 0.1) is 27.7 Å². The number of rotatable bonds is 8. The van der Waals surface area contributed by atoms with Crippen molar-refractivity contribution >= 4 is 29.1 Å². The molecule has 1 saturated heterocycles. The SMILES string of the molecule is Cc1cccc(C)c1NC(=O)CN(CC(=O)Nc1c(C)cccc1C)CC(=O)N1CCCC1. The van der Waals surface area contributed by atoms with Gasteiger partial charge in [-0.05, 0) is 62.8 Å². The van der Waals surface area contributed by atoms with E-state index in [2.05, 4.69) is 10.6 Å². The van der Waals surface area contributed by atoms with Gasteiger partial charge in [0.25, 0.3) is 0 Å². The van der Waals surface area contributed by atoms with Crippen LogP contribution in [0.25, 0.3) is 0 Å². The number of carbonyl (C=O) groups is 3. The van der Waals surface area contributed by atoms with Gasteiger partial charge in [-0.3, -0.25) is 19.3 Å². The summed E-state index contributed by atoms with van der Waals surface area (Å²) in [6.45, 7) is 9.15. The van der Waals surface area contributed by atoms with Gasteiger partial charge in [0.05, 0.1) is 19.6 Å². The number of hydrogen-bond donors (Lipinski definition) is 2. The van der Waals surface area contributed by atoms with E-state index >= 15 is 0 Å². The van der Waals surface area contributed by atoms with Gasteiger partial charge in [-0.25, -0.2) is 0 Å². The zero-order valence-electron chi connectivity index (χ0n) is 20.0. The van der Waals surface area contributed by atoms with Gasteiger partial charge in [0.2, 0.25) is 17.7 Å². The minimum Gasteiger partial charge on any atom is -0.342 e. The Bertz CT molecular complexity index is 920. The zero-order valence-corrected chi connectivity index (χ0v) is 20.0. The molecule has 0 aliphatic carbocycles. The van der Waals surface area contributed by atoms with Gasteiger partial charge < -0.3 is 15.5 Å². The lowest BCUT2D eigenvalue weighted by atomic mass is 10.1. The molecule has 0 bridgehead atoms. The number of carbonyl (C=O) groups excluding carboxylic acids is 3. The van der Waals surface area contributed by atoms with Gasteiger partial charge in [0, 0.05) is 24.5 Å². The van der Waals surface area contributed by atoms with Crippen molar-refractivity contribution < 1.29 is 14.4 Å². The fourth-order valence-corrected chi connectivity index (χ4v) is 4.21. The summed E-state index contributed by atoms with van der Waals surface area (Å²) in [5.41, 5.74) is 5.42. The van der Waals surface area contributed by atoms with E-state index < -0.39 is 0 Å². The molecule has 1 heterocycles. The fraction of sp³-hybridized carbons (Fsp3) is 0.423. The normalized spacial score (nSPS) is 13.3. The molecule has 2 aromatic carbocycles. The maximum absolute atomic E-state index is 12.9. The summed E-state index contributed by atoms with van der Waals surface area (Å²) in [6.07, 6.45) is 1.98. The van der Waals surface area contributed by atoms with Crippen LogP contribution in [-0.4, -0.2) is 60.2 Å². The zero-order chi connectivity index (χ0) is 24.0. The van der Waals surface area contributed by atoms with E-state index in [4.69, 9.17) is 0 Å². The van der Waals surface area contributed by atoms with Gasteiger partial charge in [-0.15, -0.1) is 0 Å². The summed E-state index contributed by atoms with van der Waals surface area (Å²) in [5, 5.41) is 5.91. The minimum absolute atomic E-state index is 0.0281. The monoisotopic (exact) mass is 450 g/mol. The molecule has 3 amide bonds. The Kier molecular flexibility index (Phi) is 8.22. The maximum atomic E-state index is 12.9. The van der Waals surface area contributed by atoms with Crippen LogP contribution in [0.3, 0.4) is 0 Å². The second-order valence-corrected chi connectivity index (χ2v) is 8.86. The molecule has 0 radical (unpaired) electrons. The Morgan fingerprint density at radius 1 is 0.727 bits per heavy atom. The minimum atomic E-state index is -0.249. The Labute approximate surface area is 196 Å². The lowest BCUT2D eigenvalue weighted by Gasteiger charge is -2.24. The third-order valence-electron chi connectivity index (χ3n) is 6.04. The number of amides is 3. The average molecular weight is 451 g/mol. The Balaban J connectivity index is 1.70. The van der Waals surface area contributed by atoms with Crippen LogP contribution < -0.4 is 10.6 Å². The molecule has 3 rings (SSSR count). The van der Waals surface area contributed by atoms with Crippen molar-refractivity contribution in [3.05, 3.63) is 58.7 Å². The predicted octanol–water partition coefficient (Wildman–Crippen LogP) is 3.42. The predicted molar refractivity (Wildman–Crippen MR) is 131 cm³/mol. The Hall–Kier alpha value is -3.19. The molecule has 0 atom stereocenters. The van der Waals surface area contributed by atoms with Gasteiger partial charge in [0.15, 0.2) is 0 Å². The van der Waals surface area contributed by atoms with E-state index in [1.54, 1.807) is 9.80 Å². The molecule has 2 aromatic rings. The van der Waals surface area contributed by atoms with E-state index in [-0.39, 0.29) is 37.4 Å². The summed E-state index contributed by atoms with van der Waals surface area (Å²) in [7, 11) is 0. The third kappa shape index (κ3) is 6.65. The maximum Gasteiger partial charge on any atom is 0.238 e. The second-order valence-electron chi connectivity index (χ2n) is 8.86. The van der Waals surface area contributed by atoms with Crippen molar-refractivity contribution in [2.24, 2.45) is 0 Å². The van der Waals surface area contributed by atoms with E-state index in [1.165, 1.54) is 0 Å². The molecule has 1 fully saturated rings. The highest BCUT2D eigenvalue weighted by molar-refractivity contribution is 5.96. The lowest BCUT2D eigenvalue weighted by Crippen LogP contribution is -2.45. The van der Waals surface area contributed by atoms with Crippen molar-refractivity contribution in [2.75, 3.05) is 43.4 Å². The van der Waals surface area contributed by atoms with Crippen molar-refractivity contribution in [1.29, 1.82) is 0 Å². The summed E-state index contributed by atoms with van der Waals surface area (Å²) >= 11 is 0. The first-order valence-corrected chi connectivity index (χ1v) is 11.5. The molecular formula is C26H34N4O3. The van der Waals surface area contributed by atoms with Gasteiger partial charge in [-0.2, -0.15) is 0 Å². The molecule has 0 unspecified atom stereocenters. The third-order valence-corrected chi connectivity index (χ3v) is 6.04. The first kappa shape index (κ1) is 24.5. The molecule has 0 aromatic heterocycles. The fourth-order valence-electron chi connectivity index (χ4n) is 4.21. The Morgan fingerprint density at radius 2 is 1.12 bits per heavy atom. The van der Waals surface area contributed by atoms with E-state index in [0.717, 1.165) is 59.6 Å². The number of para-hydroxylation sites is 2. The topological polar surface area (TPSA) is 81.8 Å². The summed E-state index contributed by atoms with van der Waals surface area (Å²) in [4.78, 5) is 41.9. The first-order chi connectivity index (χ1) is 15.7. The Morgan fingerprint density at radius 3 is 1.52 bits per heavy atom. The van der Waals surface area contributed by atoms with Crippen LogP contribution in [0.1, 0.15) is 35.1 Å². The number of nitrogens with one attached hydrogen (secondary N) is 2. The molecule has 7 nitrogen and oxygen atoms in total. The molecule has 176 valence electrons. The average Bonchev–Trinajstić information content (AvgIpc) is 3.29. The van der Waals surface area contributed by atoms with Crippen LogP contribution in [0.15, 0.2) is 36.4 Å². The van der Waals surface area contributed by atoms with E-state index in [1.807, 2.05) is 64.1 Å². The molecule has 0 spiro atoms. The van der Waals surface area contributed by atoms with Crippen LogP contribution in [0.5, 0.6) is 0 Å². The van der Waals surface area contributed by atoms with Gasteiger partial charge in [-0.1, -0.05) is 36.4 Å². The quantitative estimate of drug-likeness (QED) is 0.646. The lowest BCUT2D eigenvalue weighted by molar-refractivity contribution is -0.132. The summed E-state index contributed by atoms with van der Waals surface area (Å²) < 4.78 is 0. The van der Waals surface area contributed by atoms with Crippen LogP contribution in [-0.2, 0) is 14.4 Å². The number of anilines is 2. The molecular weight excluding hydrogens is 416 g/mol. The molecule has 33 heavy (non-hydrogen) atoms. The van der Waals surface area contributed by atoms with E-state index in [9.17, 15) is 14.4 Å². The van der Waals surface area contributed by atoms with Crippen LogP contribution >= 0.6 is 0 Å². The van der Waals surface area contributed by atoms with Crippen molar-refractivity contribution in [3.63, 3.8) is 0 Å². The first-order valence-electron chi connectivity index (χ1n) is 11.5. The number of aryl methyl sites for hydroxylation is 4. The molecule has 7 heteroatoms. The number of benzene rings is 2. The van der Waals surface area contributed by atoms with E-state index in [0.29, 0.717) is 0 Å². The van der Waals surface area contributed by atoms with Gasteiger partial charge in [0.1, 0.15) is 0 Å². The van der Waals surface area contributed by atoms with Crippen LogP contribution in [0.4, 0.5) is 11.4 Å². The highest BCUT2D eigenvalue weighted by Crippen LogP contribution is 2.20. The second kappa shape index (κ2) is 11.1. The molecule has 1 aliphatic heterocycles. The smallest absolute Gasteiger partial charge is 0.238 e. The summed E-state index contributed by atoms with van der Waals surface area (Å²) in [5.74, 6) is -0.546. The standard InChI is InChI=1S/C26H34N4O3/c1-18-9-7-10-19(2)25(18)27-22(31)15-29(17-24(33)30-13-5-6-14-30)16-23(32)28-26-20(3)11-8-12-21(26)4/h7-12H,5-6,13-17H2,1-4H3,(H,27,31)(H,28,32). The number of hydrogen-bond acceptors (Lipinski definition) is 4. The number of nitrogens with zero attached hydrogens (tertiary/aromatic N) is 2. The summed E-state index contributed by atoms with van der Waals surface area (Å²) in [6, 6.07) is 11.6. The highest BCUT2D eigenvalue weighted by atomic mass is 16.2. The van der Waals surface area contributed by atoms with Crippen LogP contribution in [0.2, 0.25) is 0 Å². The van der Waals surface area contributed by atoms with Crippen molar-refractivity contribution in [1.82, 2.24) is 9.80 Å². The molecule has 1 aliphatic rings. The molecule has 2 N–H and O–H groups in total. The number of likely N-dealkylation sites (tertiary alicyclic amines) is 1.